The van der Waals surface area contributed by atoms with Crippen molar-refractivity contribution in [2.45, 2.75) is 64.5 Å². The second-order valence-electron chi connectivity index (χ2n) is 4.83. The van der Waals surface area contributed by atoms with Gasteiger partial charge in [0.2, 0.25) is 0 Å². The fraction of sp³-hybridized carbons (Fsp3) is 0.923. The Bertz CT molecular complexity index is 257. The van der Waals surface area contributed by atoms with E-state index >= 15 is 0 Å². The third-order valence-corrected chi connectivity index (χ3v) is 3.42. The van der Waals surface area contributed by atoms with Crippen molar-refractivity contribution < 1.29 is 14.4 Å². The molecule has 0 bridgehead atoms. The summed E-state index contributed by atoms with van der Waals surface area (Å²) in [6.07, 6.45) is 4.97. The van der Waals surface area contributed by atoms with Gasteiger partial charge in [0.1, 0.15) is 5.54 Å². The first kappa shape index (κ1) is 14.5. The summed E-state index contributed by atoms with van der Waals surface area (Å²) in [6, 6.07) is 0. The van der Waals surface area contributed by atoms with Gasteiger partial charge in [-0.3, -0.25) is 4.84 Å². The van der Waals surface area contributed by atoms with Crippen LogP contribution in [0.15, 0.2) is 0 Å². The molecular formula is C13H25NO3. The number of hydrogen-bond donors (Lipinski definition) is 0. The van der Waals surface area contributed by atoms with Crippen LogP contribution in [0.5, 0.6) is 0 Å². The van der Waals surface area contributed by atoms with Crippen molar-refractivity contribution in [1.29, 1.82) is 0 Å². The van der Waals surface area contributed by atoms with Crippen molar-refractivity contribution in [3.8, 4) is 0 Å². The summed E-state index contributed by atoms with van der Waals surface area (Å²) in [5.74, 6) is -0.136. The predicted octanol–water partition coefficient (Wildman–Crippen LogP) is 2.52. The molecule has 1 saturated heterocycles. The highest BCUT2D eigenvalue weighted by Crippen LogP contribution is 2.36. The molecule has 4 heteroatoms. The van der Waals surface area contributed by atoms with Gasteiger partial charge in [0.15, 0.2) is 0 Å². The molecule has 1 fully saturated rings. The van der Waals surface area contributed by atoms with E-state index in [9.17, 15) is 4.79 Å². The third kappa shape index (κ3) is 3.19. The van der Waals surface area contributed by atoms with Gasteiger partial charge in [-0.1, -0.05) is 26.2 Å². The molecule has 0 spiro atoms. The Balaban J connectivity index is 2.73. The van der Waals surface area contributed by atoms with Gasteiger partial charge < -0.3 is 4.74 Å². The lowest BCUT2D eigenvalue weighted by Gasteiger charge is -2.31. The number of rotatable bonds is 6. The zero-order chi connectivity index (χ0) is 12.9. The number of carbonyl (C=O) groups excluding carboxylic acids is 1. The van der Waals surface area contributed by atoms with E-state index in [0.717, 1.165) is 32.1 Å². The summed E-state index contributed by atoms with van der Waals surface area (Å²) in [5.41, 5.74) is -0.565. The van der Waals surface area contributed by atoms with Crippen molar-refractivity contribution in [2.75, 3.05) is 13.7 Å². The lowest BCUT2D eigenvalue weighted by atomic mass is 9.87. The average molecular weight is 243 g/mol. The van der Waals surface area contributed by atoms with Crippen molar-refractivity contribution in [3.63, 3.8) is 0 Å². The van der Waals surface area contributed by atoms with Gasteiger partial charge in [0, 0.05) is 13.5 Å². The summed E-state index contributed by atoms with van der Waals surface area (Å²) in [4.78, 5) is 17.8. The fourth-order valence-electron chi connectivity index (χ4n) is 2.52. The summed E-state index contributed by atoms with van der Waals surface area (Å²) < 4.78 is 5.22. The van der Waals surface area contributed by atoms with Crippen LogP contribution in [0.3, 0.4) is 0 Å². The summed E-state index contributed by atoms with van der Waals surface area (Å²) >= 11 is 0. The number of esters is 1. The largest absolute Gasteiger partial charge is 0.465 e. The molecule has 0 aromatic carbocycles. The van der Waals surface area contributed by atoms with Gasteiger partial charge in [0.25, 0.3) is 0 Å². The molecule has 1 aliphatic heterocycles. The van der Waals surface area contributed by atoms with Gasteiger partial charge in [0.05, 0.1) is 12.7 Å². The van der Waals surface area contributed by atoms with Crippen LogP contribution in [0.25, 0.3) is 0 Å². The minimum atomic E-state index is -0.565. The summed E-state index contributed by atoms with van der Waals surface area (Å²) in [7, 11) is 1.84. The van der Waals surface area contributed by atoms with Crippen LogP contribution in [0, 0.1) is 0 Å². The van der Waals surface area contributed by atoms with E-state index in [4.69, 9.17) is 9.57 Å². The maximum Gasteiger partial charge on any atom is 0.328 e. The van der Waals surface area contributed by atoms with E-state index in [1.54, 1.807) is 5.06 Å². The highest BCUT2D eigenvalue weighted by atomic mass is 16.7. The standard InChI is InChI=1S/C13H25NO3/c1-5-7-8-9-13(12(15)16-6-2)10-11(3)17-14(13)4/h11H,5-10H2,1-4H3. The normalized spacial score (nSPS) is 29.5. The quantitative estimate of drug-likeness (QED) is 0.531. The van der Waals surface area contributed by atoms with Gasteiger partial charge >= 0.3 is 5.97 Å². The van der Waals surface area contributed by atoms with E-state index < -0.39 is 5.54 Å². The Morgan fingerprint density at radius 3 is 2.65 bits per heavy atom. The molecule has 17 heavy (non-hydrogen) atoms. The van der Waals surface area contributed by atoms with Crippen molar-refractivity contribution >= 4 is 5.97 Å². The topological polar surface area (TPSA) is 38.8 Å². The first-order chi connectivity index (χ1) is 8.06. The first-order valence-corrected chi connectivity index (χ1v) is 6.64. The van der Waals surface area contributed by atoms with Crippen molar-refractivity contribution in [1.82, 2.24) is 5.06 Å². The Labute approximate surface area is 104 Å². The number of unbranched alkanes of at least 4 members (excludes halogenated alkanes) is 2. The van der Waals surface area contributed by atoms with Gasteiger partial charge in [-0.05, 0) is 20.3 Å². The maximum atomic E-state index is 12.2. The highest BCUT2D eigenvalue weighted by Gasteiger charge is 2.50. The summed E-state index contributed by atoms with van der Waals surface area (Å²) in [5, 5.41) is 1.71. The Morgan fingerprint density at radius 1 is 1.47 bits per heavy atom. The molecule has 0 amide bonds. The molecular weight excluding hydrogens is 218 g/mol. The van der Waals surface area contributed by atoms with Crippen molar-refractivity contribution in [2.24, 2.45) is 0 Å². The lowest BCUT2D eigenvalue weighted by molar-refractivity contribution is -0.191. The molecule has 1 rings (SSSR count). The number of likely N-dealkylation sites (N-methyl/N-ethyl adjacent to an activating group) is 1. The van der Waals surface area contributed by atoms with Crippen LogP contribution in [-0.4, -0.2) is 36.3 Å². The molecule has 2 unspecified atom stereocenters. The minimum absolute atomic E-state index is 0.0889. The van der Waals surface area contributed by atoms with E-state index in [1.807, 2.05) is 20.9 Å². The minimum Gasteiger partial charge on any atom is -0.465 e. The van der Waals surface area contributed by atoms with Crippen LogP contribution in [0.2, 0.25) is 0 Å². The molecule has 0 aromatic heterocycles. The van der Waals surface area contributed by atoms with Crippen LogP contribution in [0.4, 0.5) is 0 Å². The molecule has 2 atom stereocenters. The maximum absolute atomic E-state index is 12.2. The molecule has 1 heterocycles. The van der Waals surface area contributed by atoms with Gasteiger partial charge in [-0.15, -0.1) is 0 Å². The van der Waals surface area contributed by atoms with Crippen molar-refractivity contribution in [3.05, 3.63) is 0 Å². The zero-order valence-corrected chi connectivity index (χ0v) is 11.5. The van der Waals surface area contributed by atoms with Crippen LogP contribution in [0.1, 0.15) is 52.9 Å². The highest BCUT2D eigenvalue weighted by molar-refractivity contribution is 5.81. The second kappa shape index (κ2) is 6.36. The average Bonchev–Trinajstić information content (AvgIpc) is 2.55. The monoisotopic (exact) mass is 243 g/mol. The number of carbonyl (C=O) groups is 1. The van der Waals surface area contributed by atoms with E-state index in [0.29, 0.717) is 6.61 Å². The zero-order valence-electron chi connectivity index (χ0n) is 11.5. The smallest absolute Gasteiger partial charge is 0.328 e. The van der Waals surface area contributed by atoms with E-state index in [2.05, 4.69) is 6.92 Å². The van der Waals surface area contributed by atoms with Crippen LogP contribution < -0.4 is 0 Å². The van der Waals surface area contributed by atoms with Crippen LogP contribution >= 0.6 is 0 Å². The fourth-order valence-corrected chi connectivity index (χ4v) is 2.52. The molecule has 0 saturated carbocycles. The molecule has 0 radical (unpaired) electrons. The number of hydrogen-bond acceptors (Lipinski definition) is 4. The number of ether oxygens (including phenoxy) is 1. The van der Waals surface area contributed by atoms with Crippen LogP contribution in [-0.2, 0) is 14.4 Å². The molecule has 4 nitrogen and oxygen atoms in total. The SMILES string of the molecule is CCCCCC1(C(=O)OCC)CC(C)ON1C. The molecule has 0 aromatic rings. The second-order valence-corrected chi connectivity index (χ2v) is 4.83. The number of hydroxylamine groups is 2. The number of nitrogens with zero attached hydrogens (tertiary/aromatic N) is 1. The molecule has 0 N–H and O–H groups in total. The van der Waals surface area contributed by atoms with E-state index in [1.165, 1.54) is 0 Å². The first-order valence-electron chi connectivity index (χ1n) is 6.64. The van der Waals surface area contributed by atoms with E-state index in [-0.39, 0.29) is 12.1 Å². The lowest BCUT2D eigenvalue weighted by Crippen LogP contribution is -2.49. The molecule has 0 aliphatic carbocycles. The van der Waals surface area contributed by atoms with Gasteiger partial charge in [-0.25, -0.2) is 4.79 Å². The Hall–Kier alpha value is -0.610. The third-order valence-electron chi connectivity index (χ3n) is 3.42. The molecule has 100 valence electrons. The summed E-state index contributed by atoms with van der Waals surface area (Å²) in [6.45, 7) is 6.43. The molecule has 1 aliphatic rings. The Morgan fingerprint density at radius 2 is 2.18 bits per heavy atom. The Kier molecular flexibility index (Phi) is 5.40. The predicted molar refractivity (Wildman–Crippen MR) is 66.4 cm³/mol. The van der Waals surface area contributed by atoms with Gasteiger partial charge in [-0.2, -0.15) is 5.06 Å².